The van der Waals surface area contributed by atoms with Crippen LogP contribution in [-0.4, -0.2) is 16.9 Å². The van der Waals surface area contributed by atoms with Gasteiger partial charge in [0.15, 0.2) is 0 Å². The first-order valence-electron chi connectivity index (χ1n) is 5.54. The largest absolute Gasteiger partial charge is 0.399 e. The van der Waals surface area contributed by atoms with Crippen molar-refractivity contribution >= 4 is 29.0 Å². The Hall–Kier alpha value is -1.16. The van der Waals surface area contributed by atoms with Crippen molar-refractivity contribution in [3.63, 3.8) is 0 Å². The summed E-state index contributed by atoms with van der Waals surface area (Å²) in [5.41, 5.74) is 7.12. The van der Waals surface area contributed by atoms with Crippen molar-refractivity contribution in [1.82, 2.24) is 0 Å². The molecule has 86 valence electrons. The molecule has 3 N–H and O–H groups in total. The average Bonchev–Trinajstić information content (AvgIpc) is 2.30. The summed E-state index contributed by atoms with van der Waals surface area (Å²) < 4.78 is 0. The summed E-state index contributed by atoms with van der Waals surface area (Å²) in [5.74, 6) is 1.20. The van der Waals surface area contributed by atoms with Gasteiger partial charge >= 0.3 is 0 Å². The normalized spacial score (nSPS) is 20.4. The van der Waals surface area contributed by atoms with Crippen LogP contribution in [0, 0.1) is 0 Å². The number of anilines is 2. The van der Waals surface area contributed by atoms with Crippen LogP contribution < -0.4 is 11.1 Å². The highest BCUT2D eigenvalue weighted by atomic mass is 32.2. The summed E-state index contributed by atoms with van der Waals surface area (Å²) in [6.07, 6.45) is 3.37. The first kappa shape index (κ1) is 11.3. The summed E-state index contributed by atoms with van der Waals surface area (Å²) in [6, 6.07) is 7.30. The number of carbonyl (C=O) groups excluding carboxylic acids is 1. The van der Waals surface area contributed by atoms with E-state index in [4.69, 9.17) is 5.73 Å². The van der Waals surface area contributed by atoms with Crippen LogP contribution in [0.1, 0.15) is 19.3 Å². The lowest BCUT2D eigenvalue weighted by Gasteiger charge is -2.20. The molecule has 1 atom stereocenters. The molecule has 0 aromatic heterocycles. The number of thioether (sulfide) groups is 1. The zero-order valence-electron chi connectivity index (χ0n) is 9.11. The molecule has 0 radical (unpaired) electrons. The Morgan fingerprint density at radius 1 is 1.44 bits per heavy atom. The number of nitrogens with one attached hydrogen (secondary N) is 1. The predicted octanol–water partition coefficient (Wildman–Crippen LogP) is 2.49. The number of rotatable bonds is 2. The second-order valence-electron chi connectivity index (χ2n) is 3.97. The third-order valence-electron chi connectivity index (χ3n) is 2.63. The number of carbonyl (C=O) groups is 1. The van der Waals surface area contributed by atoms with Crippen molar-refractivity contribution in [3.8, 4) is 0 Å². The van der Waals surface area contributed by atoms with Crippen LogP contribution in [0.4, 0.5) is 11.4 Å². The van der Waals surface area contributed by atoms with Gasteiger partial charge in [0.05, 0.1) is 5.25 Å². The van der Waals surface area contributed by atoms with Crippen LogP contribution in [0.15, 0.2) is 24.3 Å². The van der Waals surface area contributed by atoms with Crippen LogP contribution in [-0.2, 0) is 4.79 Å². The van der Waals surface area contributed by atoms with Gasteiger partial charge in [0, 0.05) is 11.4 Å². The molecule has 1 aliphatic rings. The van der Waals surface area contributed by atoms with E-state index < -0.39 is 0 Å². The van der Waals surface area contributed by atoms with Crippen LogP contribution in [0.5, 0.6) is 0 Å². The van der Waals surface area contributed by atoms with Gasteiger partial charge < -0.3 is 11.1 Å². The zero-order chi connectivity index (χ0) is 11.4. The number of benzene rings is 1. The number of nitrogen functional groups attached to an aromatic ring is 1. The zero-order valence-corrected chi connectivity index (χ0v) is 9.93. The molecule has 16 heavy (non-hydrogen) atoms. The lowest BCUT2D eigenvalue weighted by molar-refractivity contribution is -0.115. The van der Waals surface area contributed by atoms with E-state index in [0.29, 0.717) is 5.69 Å². The molecule has 3 nitrogen and oxygen atoms in total. The standard InChI is InChI=1S/C12H16N2OS/c13-9-4-3-5-10(8-9)14-12(15)11-6-1-2-7-16-11/h3-5,8,11H,1-2,6-7,13H2,(H,14,15). The first-order chi connectivity index (χ1) is 7.75. The summed E-state index contributed by atoms with van der Waals surface area (Å²) in [5, 5.41) is 3.02. The van der Waals surface area contributed by atoms with Crippen LogP contribution >= 0.6 is 11.8 Å². The van der Waals surface area contributed by atoms with Gasteiger partial charge in [-0.2, -0.15) is 0 Å². The third-order valence-corrected chi connectivity index (χ3v) is 4.00. The highest BCUT2D eigenvalue weighted by Gasteiger charge is 2.21. The summed E-state index contributed by atoms with van der Waals surface area (Å²) in [6.45, 7) is 0. The van der Waals surface area contributed by atoms with Crippen molar-refractivity contribution < 1.29 is 4.79 Å². The van der Waals surface area contributed by atoms with E-state index in [1.807, 2.05) is 18.2 Å². The van der Waals surface area contributed by atoms with Gasteiger partial charge in [-0.1, -0.05) is 12.5 Å². The number of hydrogen-bond donors (Lipinski definition) is 2. The minimum atomic E-state index is 0.107. The topological polar surface area (TPSA) is 55.1 Å². The fourth-order valence-electron chi connectivity index (χ4n) is 1.79. The fraction of sp³-hybridized carbons (Fsp3) is 0.417. The number of nitrogens with two attached hydrogens (primary N) is 1. The SMILES string of the molecule is Nc1cccc(NC(=O)C2CCCCS2)c1. The van der Waals surface area contributed by atoms with Gasteiger partial charge in [-0.25, -0.2) is 0 Å². The minimum absolute atomic E-state index is 0.107. The minimum Gasteiger partial charge on any atom is -0.399 e. The molecule has 1 amide bonds. The van der Waals surface area contributed by atoms with E-state index in [2.05, 4.69) is 5.32 Å². The maximum atomic E-state index is 11.9. The van der Waals surface area contributed by atoms with Crippen molar-refractivity contribution in [1.29, 1.82) is 0 Å². The van der Waals surface area contributed by atoms with Crippen LogP contribution in [0.2, 0.25) is 0 Å². The monoisotopic (exact) mass is 236 g/mol. The molecular formula is C12H16N2OS. The van der Waals surface area contributed by atoms with E-state index >= 15 is 0 Å². The van der Waals surface area contributed by atoms with E-state index in [1.54, 1.807) is 17.8 Å². The first-order valence-corrected chi connectivity index (χ1v) is 6.58. The Kier molecular flexibility index (Phi) is 3.72. The summed E-state index contributed by atoms with van der Waals surface area (Å²) >= 11 is 1.75. The lowest BCUT2D eigenvalue weighted by atomic mass is 10.2. The highest BCUT2D eigenvalue weighted by Crippen LogP contribution is 2.26. The predicted molar refractivity (Wildman–Crippen MR) is 69.6 cm³/mol. The van der Waals surface area contributed by atoms with Crippen molar-refractivity contribution in [2.24, 2.45) is 0 Å². The molecule has 2 rings (SSSR count). The summed E-state index contributed by atoms with van der Waals surface area (Å²) in [7, 11) is 0. The van der Waals surface area contributed by atoms with Gasteiger partial charge in [-0.05, 0) is 36.8 Å². The fourth-order valence-corrected chi connectivity index (χ4v) is 2.99. The second kappa shape index (κ2) is 5.25. The highest BCUT2D eigenvalue weighted by molar-refractivity contribution is 8.00. The molecule has 0 saturated carbocycles. The molecular weight excluding hydrogens is 220 g/mol. The van der Waals surface area contributed by atoms with Gasteiger partial charge in [-0.3, -0.25) is 4.79 Å². The van der Waals surface area contributed by atoms with Crippen LogP contribution in [0.3, 0.4) is 0 Å². The average molecular weight is 236 g/mol. The van der Waals surface area contributed by atoms with Gasteiger partial charge in [-0.15, -0.1) is 11.8 Å². The van der Waals surface area contributed by atoms with Crippen molar-refractivity contribution in [2.45, 2.75) is 24.5 Å². The molecule has 1 saturated heterocycles. The van der Waals surface area contributed by atoms with E-state index in [0.717, 1.165) is 24.3 Å². The van der Waals surface area contributed by atoms with E-state index in [-0.39, 0.29) is 11.2 Å². The van der Waals surface area contributed by atoms with Crippen molar-refractivity contribution in [3.05, 3.63) is 24.3 Å². The quantitative estimate of drug-likeness (QED) is 0.776. The Bertz CT molecular complexity index is 375. The van der Waals surface area contributed by atoms with Gasteiger partial charge in [0.1, 0.15) is 0 Å². The second-order valence-corrected chi connectivity index (χ2v) is 5.28. The summed E-state index contributed by atoms with van der Waals surface area (Å²) in [4.78, 5) is 11.9. The number of hydrogen-bond acceptors (Lipinski definition) is 3. The third kappa shape index (κ3) is 2.92. The Labute approximate surface area is 99.8 Å². The smallest absolute Gasteiger partial charge is 0.237 e. The molecule has 1 heterocycles. The van der Waals surface area contributed by atoms with Crippen LogP contribution in [0.25, 0.3) is 0 Å². The Balaban J connectivity index is 1.96. The van der Waals surface area contributed by atoms with E-state index in [1.165, 1.54) is 6.42 Å². The molecule has 1 aromatic carbocycles. The molecule has 1 aliphatic heterocycles. The van der Waals surface area contributed by atoms with Gasteiger partial charge in [0.25, 0.3) is 0 Å². The number of amides is 1. The maximum Gasteiger partial charge on any atom is 0.237 e. The molecule has 1 fully saturated rings. The van der Waals surface area contributed by atoms with E-state index in [9.17, 15) is 4.79 Å². The molecule has 4 heteroatoms. The molecule has 1 unspecified atom stereocenters. The van der Waals surface area contributed by atoms with Crippen molar-refractivity contribution in [2.75, 3.05) is 16.8 Å². The Morgan fingerprint density at radius 2 is 2.31 bits per heavy atom. The Morgan fingerprint density at radius 3 is 3.00 bits per heavy atom. The van der Waals surface area contributed by atoms with Gasteiger partial charge in [0.2, 0.25) is 5.91 Å². The molecule has 1 aromatic rings. The maximum absolute atomic E-state index is 11.9. The molecule has 0 aliphatic carbocycles. The molecule has 0 bridgehead atoms. The lowest BCUT2D eigenvalue weighted by Crippen LogP contribution is -2.27. The molecule has 0 spiro atoms.